The van der Waals surface area contributed by atoms with E-state index in [1.165, 1.54) is 6.21 Å². The lowest BCUT2D eigenvalue weighted by atomic mass is 10.0. The highest BCUT2D eigenvalue weighted by Crippen LogP contribution is 2.21. The maximum Gasteiger partial charge on any atom is 0.242 e. The van der Waals surface area contributed by atoms with Gasteiger partial charge in [-0.05, 0) is 60.9 Å². The summed E-state index contributed by atoms with van der Waals surface area (Å²) in [5.41, 5.74) is 5.86. The van der Waals surface area contributed by atoms with Gasteiger partial charge in [0.25, 0.3) is 0 Å². The van der Waals surface area contributed by atoms with Crippen LogP contribution in [0.1, 0.15) is 34.7 Å². The Morgan fingerprint density at radius 1 is 1.03 bits per heavy atom. The highest BCUT2D eigenvalue weighted by molar-refractivity contribution is 7.89. The van der Waals surface area contributed by atoms with Gasteiger partial charge in [0.05, 0.1) is 24.3 Å². The molecule has 0 aliphatic heterocycles. The van der Waals surface area contributed by atoms with Gasteiger partial charge in [-0.3, -0.25) is 4.79 Å². The molecule has 0 saturated carbocycles. The van der Waals surface area contributed by atoms with Crippen LogP contribution < -0.4 is 14.9 Å². The topological polar surface area (TPSA) is 96.9 Å². The number of rotatable bonds is 9. The normalized spacial score (nSPS) is 12.5. The quantitative estimate of drug-likeness (QED) is 0.370. The van der Waals surface area contributed by atoms with Crippen LogP contribution in [0, 0.1) is 13.8 Å². The average molecular weight is 466 g/mol. The minimum absolute atomic E-state index is 0.117. The maximum atomic E-state index is 12.9. The Hall–Kier alpha value is -3.49. The second kappa shape index (κ2) is 10.9. The third-order valence-electron chi connectivity index (χ3n) is 5.04. The molecule has 2 N–H and O–H groups in total. The van der Waals surface area contributed by atoms with Crippen molar-refractivity contribution in [3.8, 4) is 5.75 Å². The van der Waals surface area contributed by atoms with Gasteiger partial charge in [0.15, 0.2) is 0 Å². The smallest absolute Gasteiger partial charge is 0.242 e. The van der Waals surface area contributed by atoms with Crippen LogP contribution in [-0.4, -0.2) is 27.6 Å². The Morgan fingerprint density at radius 3 is 2.36 bits per heavy atom. The van der Waals surface area contributed by atoms with Crippen LogP contribution in [-0.2, 0) is 14.8 Å². The highest BCUT2D eigenvalue weighted by atomic mass is 32.2. The summed E-state index contributed by atoms with van der Waals surface area (Å²) in [6.45, 7) is 3.80. The monoisotopic (exact) mass is 465 g/mol. The van der Waals surface area contributed by atoms with Crippen molar-refractivity contribution >= 4 is 22.1 Å². The molecule has 1 amide bonds. The molecule has 0 saturated heterocycles. The van der Waals surface area contributed by atoms with Gasteiger partial charge in [0.2, 0.25) is 15.9 Å². The zero-order valence-electron chi connectivity index (χ0n) is 18.8. The Labute approximate surface area is 194 Å². The number of hydrogen-bond donors (Lipinski definition) is 2. The number of amides is 1. The fraction of sp³-hybridized carbons (Fsp3) is 0.200. The third kappa shape index (κ3) is 6.74. The summed E-state index contributed by atoms with van der Waals surface area (Å²) in [5, 5.41) is 4.01. The predicted molar refractivity (Wildman–Crippen MR) is 129 cm³/mol. The van der Waals surface area contributed by atoms with E-state index in [1.807, 2.05) is 38.1 Å². The Morgan fingerprint density at radius 2 is 1.73 bits per heavy atom. The number of hydrazone groups is 1. The van der Waals surface area contributed by atoms with Crippen molar-refractivity contribution in [2.45, 2.75) is 31.2 Å². The van der Waals surface area contributed by atoms with Crippen LogP contribution in [0.25, 0.3) is 0 Å². The van der Waals surface area contributed by atoms with Crippen LogP contribution >= 0.6 is 0 Å². The lowest BCUT2D eigenvalue weighted by Gasteiger charge is -2.18. The minimum Gasteiger partial charge on any atom is -0.496 e. The van der Waals surface area contributed by atoms with E-state index in [0.29, 0.717) is 5.56 Å². The second-order valence-corrected chi connectivity index (χ2v) is 9.34. The molecule has 0 bridgehead atoms. The van der Waals surface area contributed by atoms with Gasteiger partial charge in [-0.15, -0.1) is 0 Å². The largest absolute Gasteiger partial charge is 0.496 e. The summed E-state index contributed by atoms with van der Waals surface area (Å²) >= 11 is 0. The number of carbonyl (C=O) groups is 1. The Bertz CT molecular complexity index is 1220. The summed E-state index contributed by atoms with van der Waals surface area (Å²) in [4.78, 5) is 12.7. The molecule has 0 aliphatic rings. The van der Waals surface area contributed by atoms with E-state index in [9.17, 15) is 13.2 Å². The molecule has 8 heteroatoms. The van der Waals surface area contributed by atoms with Crippen LogP contribution in [0.3, 0.4) is 0 Å². The zero-order chi connectivity index (χ0) is 23.8. The molecule has 172 valence electrons. The fourth-order valence-electron chi connectivity index (χ4n) is 3.28. The molecular formula is C25H27N3O4S. The van der Waals surface area contributed by atoms with Gasteiger partial charge in [-0.25, -0.2) is 18.6 Å². The summed E-state index contributed by atoms with van der Waals surface area (Å²) in [7, 11) is -2.22. The molecule has 0 fully saturated rings. The molecule has 0 aliphatic carbocycles. The standard InChI is InChI=1S/C25H27N3O4S/c1-18-9-12-22(13-10-18)33(30,31)28-23(21-7-5-4-6-8-21)16-25(29)27-26-17-20-11-14-24(32-3)19(2)15-20/h4-15,17,23,28H,16H2,1-3H3,(H,27,29)/b26-17-/t23-/m1/s1. The maximum absolute atomic E-state index is 12.9. The van der Waals surface area contributed by atoms with E-state index in [1.54, 1.807) is 55.6 Å². The highest BCUT2D eigenvalue weighted by Gasteiger charge is 2.23. The van der Waals surface area contributed by atoms with Crippen molar-refractivity contribution in [3.05, 3.63) is 95.1 Å². The van der Waals surface area contributed by atoms with Gasteiger partial charge < -0.3 is 4.74 Å². The first kappa shape index (κ1) is 24.2. The molecule has 3 aromatic carbocycles. The van der Waals surface area contributed by atoms with E-state index in [4.69, 9.17) is 4.74 Å². The van der Waals surface area contributed by atoms with Gasteiger partial charge >= 0.3 is 0 Å². The van der Waals surface area contributed by atoms with Gasteiger partial charge in [-0.2, -0.15) is 5.10 Å². The number of nitrogens with one attached hydrogen (secondary N) is 2. The molecule has 1 atom stereocenters. The summed E-state index contributed by atoms with van der Waals surface area (Å²) in [6.07, 6.45) is 1.41. The number of aryl methyl sites for hydroxylation is 2. The second-order valence-electron chi connectivity index (χ2n) is 7.62. The van der Waals surface area contributed by atoms with Crippen molar-refractivity contribution in [2.24, 2.45) is 5.10 Å². The molecule has 0 heterocycles. The van der Waals surface area contributed by atoms with Gasteiger partial charge in [0.1, 0.15) is 5.75 Å². The van der Waals surface area contributed by atoms with Crippen molar-refractivity contribution in [2.75, 3.05) is 7.11 Å². The number of ether oxygens (including phenoxy) is 1. The first-order chi connectivity index (χ1) is 15.8. The SMILES string of the molecule is COc1ccc(/C=N\NC(=O)C[C@@H](NS(=O)(=O)c2ccc(C)cc2)c2ccccc2)cc1C. The molecule has 3 rings (SSSR count). The van der Waals surface area contributed by atoms with E-state index in [0.717, 1.165) is 22.4 Å². The van der Waals surface area contributed by atoms with E-state index in [2.05, 4.69) is 15.2 Å². The van der Waals surface area contributed by atoms with Crippen molar-refractivity contribution in [1.82, 2.24) is 10.1 Å². The average Bonchev–Trinajstić information content (AvgIpc) is 2.79. The number of hydrogen-bond acceptors (Lipinski definition) is 5. The third-order valence-corrected chi connectivity index (χ3v) is 6.53. The van der Waals surface area contributed by atoms with Gasteiger partial charge in [-0.1, -0.05) is 48.0 Å². The first-order valence-corrected chi connectivity index (χ1v) is 11.9. The molecule has 7 nitrogen and oxygen atoms in total. The van der Waals surface area contributed by atoms with E-state index >= 15 is 0 Å². The Balaban J connectivity index is 1.72. The first-order valence-electron chi connectivity index (χ1n) is 10.4. The number of methoxy groups -OCH3 is 1. The van der Waals surface area contributed by atoms with Crippen LogP contribution in [0.15, 0.2) is 82.8 Å². The summed E-state index contributed by atoms with van der Waals surface area (Å²) < 4.78 is 33.7. The molecule has 0 aromatic heterocycles. The fourth-order valence-corrected chi connectivity index (χ4v) is 4.50. The van der Waals surface area contributed by atoms with Crippen LogP contribution in [0.4, 0.5) is 0 Å². The number of sulfonamides is 1. The molecule has 33 heavy (non-hydrogen) atoms. The number of nitrogens with zero attached hydrogens (tertiary/aromatic N) is 1. The van der Waals surface area contributed by atoms with Gasteiger partial charge in [0, 0.05) is 6.42 Å². The molecular weight excluding hydrogens is 438 g/mol. The summed E-state index contributed by atoms with van der Waals surface area (Å²) in [6, 6.07) is 20.3. The molecule has 0 unspecified atom stereocenters. The van der Waals surface area contributed by atoms with Crippen molar-refractivity contribution in [3.63, 3.8) is 0 Å². The Kier molecular flexibility index (Phi) is 7.97. The summed E-state index contributed by atoms with van der Waals surface area (Å²) in [5.74, 6) is 0.347. The van der Waals surface area contributed by atoms with E-state index in [-0.39, 0.29) is 11.3 Å². The lowest BCUT2D eigenvalue weighted by Crippen LogP contribution is -2.32. The zero-order valence-corrected chi connectivity index (χ0v) is 19.6. The van der Waals surface area contributed by atoms with Crippen molar-refractivity contribution < 1.29 is 17.9 Å². The molecule has 3 aromatic rings. The van der Waals surface area contributed by atoms with Crippen molar-refractivity contribution in [1.29, 1.82) is 0 Å². The number of benzene rings is 3. The van der Waals surface area contributed by atoms with Crippen LogP contribution in [0.5, 0.6) is 5.75 Å². The lowest BCUT2D eigenvalue weighted by molar-refractivity contribution is -0.121. The molecule has 0 spiro atoms. The minimum atomic E-state index is -3.83. The number of carbonyl (C=O) groups excluding carboxylic acids is 1. The van der Waals surface area contributed by atoms with Crippen LogP contribution in [0.2, 0.25) is 0 Å². The molecule has 0 radical (unpaired) electrons. The predicted octanol–water partition coefficient (Wildman–Crippen LogP) is 3.87. The van der Waals surface area contributed by atoms with E-state index < -0.39 is 22.0 Å².